The van der Waals surface area contributed by atoms with Gasteiger partial charge >= 0.3 is 12.3 Å². The molecule has 1 aliphatic rings. The van der Waals surface area contributed by atoms with Gasteiger partial charge in [-0.15, -0.1) is 0 Å². The van der Waals surface area contributed by atoms with Gasteiger partial charge in [0.2, 0.25) is 0 Å². The lowest BCUT2D eigenvalue weighted by Gasteiger charge is -2.34. The lowest BCUT2D eigenvalue weighted by Crippen LogP contribution is -2.43. The van der Waals surface area contributed by atoms with Crippen molar-refractivity contribution in [3.05, 3.63) is 33.7 Å². The number of aromatic nitrogens is 1. The number of carbonyl (C=O) groups is 2. The molecule has 1 saturated heterocycles. The molecule has 0 atom stereocenters. The first kappa shape index (κ1) is 21.8. The summed E-state index contributed by atoms with van der Waals surface area (Å²) in [6.45, 7) is 5.64. The molecule has 0 saturated carbocycles. The average Bonchev–Trinajstić information content (AvgIpc) is 2.54. The van der Waals surface area contributed by atoms with Crippen molar-refractivity contribution in [3.8, 4) is 0 Å². The maximum Gasteiger partial charge on any atom is 0.431 e. The number of nitrogens with zero attached hydrogens (tertiary/aromatic N) is 2. The number of piperidine rings is 1. The Morgan fingerprint density at radius 2 is 1.75 bits per heavy atom. The maximum absolute atomic E-state index is 13.3. The molecule has 2 amide bonds. The molecular weight excluding hydrogens is 379 g/mol. The fraction of sp³-hybridized carbons (Fsp3) is 0.611. The van der Waals surface area contributed by atoms with Crippen molar-refractivity contribution in [2.75, 3.05) is 13.1 Å². The van der Waals surface area contributed by atoms with Crippen LogP contribution in [0.2, 0.25) is 0 Å². The first-order valence-electron chi connectivity index (χ1n) is 8.88. The fourth-order valence-electron chi connectivity index (χ4n) is 3.08. The summed E-state index contributed by atoms with van der Waals surface area (Å²) in [7, 11) is 0. The zero-order valence-electron chi connectivity index (χ0n) is 16.0. The standard InChI is InChI=1S/C18H24F3N3O4/c1-17(2,3)28-16(27)23-8-6-11(7-9-23)10-24-13(18(19,20)21)5-4-12(14(22)25)15(24)26/h4-5,11H,6-10H2,1-3H3,(H2,22,25). The SMILES string of the molecule is CC(C)(C)OC(=O)N1CCC(Cn2c(C(F)(F)F)ccc(C(N)=O)c2=O)CC1. The van der Waals surface area contributed by atoms with Gasteiger partial charge in [0.15, 0.2) is 0 Å². The van der Waals surface area contributed by atoms with Crippen LogP contribution < -0.4 is 11.3 Å². The normalized spacial score (nSPS) is 16.1. The Kier molecular flexibility index (Phi) is 6.10. The van der Waals surface area contributed by atoms with Crippen LogP contribution in [0.25, 0.3) is 0 Å². The van der Waals surface area contributed by atoms with Crippen molar-refractivity contribution in [1.82, 2.24) is 9.47 Å². The number of rotatable bonds is 3. The number of pyridine rings is 1. The van der Waals surface area contributed by atoms with Gasteiger partial charge in [-0.05, 0) is 51.7 Å². The summed E-state index contributed by atoms with van der Waals surface area (Å²) < 4.78 is 45.7. The van der Waals surface area contributed by atoms with Crippen molar-refractivity contribution in [1.29, 1.82) is 0 Å². The lowest BCUT2D eigenvalue weighted by atomic mass is 9.96. The monoisotopic (exact) mass is 403 g/mol. The molecule has 0 aromatic carbocycles. The molecule has 1 aromatic heterocycles. The van der Waals surface area contributed by atoms with Crippen LogP contribution in [-0.2, 0) is 17.5 Å². The molecule has 2 N–H and O–H groups in total. The number of hydrogen-bond acceptors (Lipinski definition) is 4. The highest BCUT2D eigenvalue weighted by molar-refractivity contribution is 5.92. The summed E-state index contributed by atoms with van der Waals surface area (Å²) in [4.78, 5) is 37.3. The quantitative estimate of drug-likeness (QED) is 0.839. The molecule has 1 fully saturated rings. The lowest BCUT2D eigenvalue weighted by molar-refractivity contribution is -0.144. The second-order valence-electron chi connectivity index (χ2n) is 7.82. The maximum atomic E-state index is 13.3. The second-order valence-corrected chi connectivity index (χ2v) is 7.82. The van der Waals surface area contributed by atoms with Crippen LogP contribution in [0.3, 0.4) is 0 Å². The number of halogens is 3. The Balaban J connectivity index is 2.16. The number of ether oxygens (including phenoxy) is 1. The molecule has 156 valence electrons. The zero-order chi connectivity index (χ0) is 21.3. The molecule has 0 radical (unpaired) electrons. The Morgan fingerprint density at radius 3 is 2.21 bits per heavy atom. The van der Waals surface area contributed by atoms with Gasteiger partial charge in [-0.1, -0.05) is 0 Å². The minimum atomic E-state index is -4.74. The molecule has 1 aliphatic heterocycles. The average molecular weight is 403 g/mol. The number of likely N-dealkylation sites (tertiary alicyclic amines) is 1. The van der Waals surface area contributed by atoms with Crippen LogP contribution in [-0.4, -0.2) is 40.2 Å². The van der Waals surface area contributed by atoms with Crippen molar-refractivity contribution >= 4 is 12.0 Å². The largest absolute Gasteiger partial charge is 0.444 e. The number of nitrogens with two attached hydrogens (primary N) is 1. The molecule has 0 unspecified atom stereocenters. The summed E-state index contributed by atoms with van der Waals surface area (Å²) in [6.07, 6.45) is -4.41. The van der Waals surface area contributed by atoms with Gasteiger partial charge in [0.1, 0.15) is 16.9 Å². The molecule has 0 spiro atoms. The topological polar surface area (TPSA) is 94.6 Å². The molecule has 0 bridgehead atoms. The van der Waals surface area contributed by atoms with Crippen LogP contribution >= 0.6 is 0 Å². The number of alkyl halides is 3. The molecule has 1 aromatic rings. The van der Waals surface area contributed by atoms with Crippen LogP contribution in [0.4, 0.5) is 18.0 Å². The molecule has 2 heterocycles. The highest BCUT2D eigenvalue weighted by Crippen LogP contribution is 2.30. The smallest absolute Gasteiger partial charge is 0.431 e. The van der Waals surface area contributed by atoms with E-state index in [2.05, 4.69) is 0 Å². The Bertz CT molecular complexity index is 804. The first-order valence-corrected chi connectivity index (χ1v) is 8.88. The third kappa shape index (κ3) is 5.26. The summed E-state index contributed by atoms with van der Waals surface area (Å²) >= 11 is 0. The minimum absolute atomic E-state index is 0.211. The van der Waals surface area contributed by atoms with E-state index in [1.807, 2.05) is 0 Å². The summed E-state index contributed by atoms with van der Waals surface area (Å²) in [5.74, 6) is -1.34. The Labute approximate surface area is 160 Å². The van der Waals surface area contributed by atoms with E-state index in [1.165, 1.54) is 4.90 Å². The van der Waals surface area contributed by atoms with Gasteiger partial charge in [-0.2, -0.15) is 13.2 Å². The number of hydrogen-bond donors (Lipinski definition) is 1. The van der Waals surface area contributed by atoms with E-state index >= 15 is 0 Å². The van der Waals surface area contributed by atoms with Crippen molar-refractivity contribution in [3.63, 3.8) is 0 Å². The van der Waals surface area contributed by atoms with Crippen LogP contribution in [0.15, 0.2) is 16.9 Å². The highest BCUT2D eigenvalue weighted by Gasteiger charge is 2.36. The molecule has 2 rings (SSSR count). The van der Waals surface area contributed by atoms with Gasteiger partial charge in [-0.3, -0.25) is 9.59 Å². The molecule has 28 heavy (non-hydrogen) atoms. The van der Waals surface area contributed by atoms with Gasteiger partial charge in [-0.25, -0.2) is 4.79 Å². The predicted octanol–water partition coefficient (Wildman–Crippen LogP) is 2.61. The van der Waals surface area contributed by atoms with Gasteiger partial charge < -0.3 is 19.9 Å². The predicted molar refractivity (Wildman–Crippen MR) is 94.8 cm³/mol. The zero-order valence-corrected chi connectivity index (χ0v) is 16.0. The molecule has 10 heteroatoms. The highest BCUT2D eigenvalue weighted by atomic mass is 19.4. The van der Waals surface area contributed by atoms with E-state index in [0.29, 0.717) is 36.6 Å². The number of carbonyl (C=O) groups excluding carboxylic acids is 2. The van der Waals surface area contributed by atoms with Gasteiger partial charge in [0.05, 0.1) is 0 Å². The van der Waals surface area contributed by atoms with Gasteiger partial charge in [0, 0.05) is 19.6 Å². The Morgan fingerprint density at radius 1 is 1.18 bits per heavy atom. The third-order valence-electron chi connectivity index (χ3n) is 4.44. The molecule has 7 nitrogen and oxygen atoms in total. The van der Waals surface area contributed by atoms with Crippen molar-refractivity contribution in [2.24, 2.45) is 11.7 Å². The summed E-state index contributed by atoms with van der Waals surface area (Å²) in [6, 6.07) is 1.49. The third-order valence-corrected chi connectivity index (χ3v) is 4.44. The number of primary amides is 1. The van der Waals surface area contributed by atoms with Gasteiger partial charge in [0.25, 0.3) is 11.5 Å². The first-order chi connectivity index (χ1) is 12.8. The van der Waals surface area contributed by atoms with Crippen molar-refractivity contribution < 1.29 is 27.5 Å². The minimum Gasteiger partial charge on any atom is -0.444 e. The summed E-state index contributed by atoms with van der Waals surface area (Å²) in [5.41, 5.74) is 1.77. The molecular formula is C18H24F3N3O4. The van der Waals surface area contributed by atoms with E-state index in [0.717, 1.165) is 6.07 Å². The fourth-order valence-corrected chi connectivity index (χ4v) is 3.08. The van der Waals surface area contributed by atoms with E-state index in [1.54, 1.807) is 20.8 Å². The number of amides is 2. The Hall–Kier alpha value is -2.52. The van der Waals surface area contributed by atoms with E-state index in [4.69, 9.17) is 10.5 Å². The van der Waals surface area contributed by atoms with E-state index < -0.39 is 40.6 Å². The summed E-state index contributed by atoms with van der Waals surface area (Å²) in [5, 5.41) is 0. The van der Waals surface area contributed by atoms with Crippen LogP contribution in [0.1, 0.15) is 49.7 Å². The van der Waals surface area contributed by atoms with Crippen molar-refractivity contribution in [2.45, 2.75) is 51.9 Å². The van der Waals surface area contributed by atoms with Crippen LogP contribution in [0.5, 0.6) is 0 Å². The molecule has 0 aliphatic carbocycles. The van der Waals surface area contributed by atoms with E-state index in [9.17, 15) is 27.6 Å². The van der Waals surface area contributed by atoms with E-state index in [-0.39, 0.29) is 12.5 Å². The second kappa shape index (κ2) is 7.84. The van der Waals surface area contributed by atoms with Crippen LogP contribution in [0, 0.1) is 5.92 Å².